The first-order chi connectivity index (χ1) is 7.84. The van der Waals surface area contributed by atoms with E-state index in [-0.39, 0.29) is 6.10 Å². The van der Waals surface area contributed by atoms with Gasteiger partial charge in [-0.2, -0.15) is 0 Å². The molecule has 0 N–H and O–H groups in total. The first-order valence-corrected chi connectivity index (χ1v) is 5.42. The van der Waals surface area contributed by atoms with Gasteiger partial charge in [0.15, 0.2) is 0 Å². The minimum atomic E-state index is 0.209. The molecule has 2 rings (SSSR count). The van der Waals surface area contributed by atoms with Gasteiger partial charge in [0.1, 0.15) is 0 Å². The molecule has 0 saturated heterocycles. The van der Waals surface area contributed by atoms with Crippen LogP contribution in [0.15, 0.2) is 66.7 Å². The van der Waals surface area contributed by atoms with Crippen molar-refractivity contribution in [1.29, 1.82) is 0 Å². The monoisotopic (exact) mass is 214 g/mol. The molecule has 0 aliphatic carbocycles. The van der Waals surface area contributed by atoms with Gasteiger partial charge in [0.05, 0.1) is 6.10 Å². The van der Waals surface area contributed by atoms with E-state index >= 15 is 0 Å². The Morgan fingerprint density at radius 2 is 1.12 bits per heavy atom. The molecule has 1 nitrogen and oxygen atoms in total. The molecule has 16 heavy (non-hydrogen) atoms. The predicted octanol–water partition coefficient (Wildman–Crippen LogP) is 4.08. The van der Waals surface area contributed by atoms with Gasteiger partial charge in [-0.3, -0.25) is 0 Å². The van der Waals surface area contributed by atoms with Crippen molar-refractivity contribution in [2.45, 2.75) is 13.0 Å². The molecular formula is C15H18O. The molecule has 1 atom stereocenters. The van der Waals surface area contributed by atoms with E-state index in [9.17, 15) is 0 Å². The van der Waals surface area contributed by atoms with Gasteiger partial charge >= 0.3 is 0 Å². The molecule has 0 heterocycles. The standard InChI is InChI=1S/C9H12O.C6H6/c1-8(10-2)9-6-4-3-5-7-9;1-2-4-6-5-3-1/h3-8H,1-2H3;1-6H. The summed E-state index contributed by atoms with van der Waals surface area (Å²) in [6.07, 6.45) is 0.209. The lowest BCUT2D eigenvalue weighted by Crippen LogP contribution is -1.93. The second kappa shape index (κ2) is 7.66. The zero-order valence-corrected chi connectivity index (χ0v) is 9.84. The lowest BCUT2D eigenvalue weighted by Gasteiger charge is -2.07. The number of rotatable bonds is 2. The van der Waals surface area contributed by atoms with Crippen molar-refractivity contribution in [3.63, 3.8) is 0 Å². The second-order valence-corrected chi connectivity index (χ2v) is 3.44. The Balaban J connectivity index is 0.000000181. The van der Waals surface area contributed by atoms with Crippen LogP contribution in [0.4, 0.5) is 0 Å². The quantitative estimate of drug-likeness (QED) is 0.732. The first-order valence-electron chi connectivity index (χ1n) is 5.42. The van der Waals surface area contributed by atoms with Crippen LogP contribution < -0.4 is 0 Å². The van der Waals surface area contributed by atoms with Crippen LogP contribution in [0.2, 0.25) is 0 Å². The molecule has 2 aromatic rings. The third-order valence-electron chi connectivity index (χ3n) is 2.29. The molecule has 2 aromatic carbocycles. The summed E-state index contributed by atoms with van der Waals surface area (Å²) in [6, 6.07) is 22.2. The highest BCUT2D eigenvalue weighted by atomic mass is 16.5. The molecule has 0 aliphatic rings. The topological polar surface area (TPSA) is 9.23 Å². The lowest BCUT2D eigenvalue weighted by atomic mass is 10.1. The smallest absolute Gasteiger partial charge is 0.0793 e. The lowest BCUT2D eigenvalue weighted by molar-refractivity contribution is 0.119. The van der Waals surface area contributed by atoms with E-state index in [4.69, 9.17) is 4.74 Å². The summed E-state index contributed by atoms with van der Waals surface area (Å²) in [4.78, 5) is 0. The predicted molar refractivity (Wildman–Crippen MR) is 68.3 cm³/mol. The van der Waals surface area contributed by atoms with Crippen molar-refractivity contribution in [1.82, 2.24) is 0 Å². The zero-order chi connectivity index (χ0) is 11.6. The summed E-state index contributed by atoms with van der Waals surface area (Å²) >= 11 is 0. The molecule has 0 aliphatic heterocycles. The van der Waals surface area contributed by atoms with Gasteiger partial charge in [-0.15, -0.1) is 0 Å². The van der Waals surface area contributed by atoms with E-state index in [0.29, 0.717) is 0 Å². The molecule has 0 radical (unpaired) electrons. The largest absolute Gasteiger partial charge is 0.377 e. The Morgan fingerprint density at radius 1 is 0.750 bits per heavy atom. The van der Waals surface area contributed by atoms with Gasteiger partial charge in [0.2, 0.25) is 0 Å². The average Bonchev–Trinajstić information content (AvgIpc) is 2.41. The Labute approximate surface area is 97.7 Å². The molecule has 0 spiro atoms. The number of hydrogen-bond acceptors (Lipinski definition) is 1. The minimum Gasteiger partial charge on any atom is -0.377 e. The summed E-state index contributed by atoms with van der Waals surface area (Å²) in [6.45, 7) is 2.04. The number of benzene rings is 2. The van der Waals surface area contributed by atoms with E-state index in [2.05, 4.69) is 12.1 Å². The van der Waals surface area contributed by atoms with E-state index in [1.54, 1.807) is 7.11 Å². The first kappa shape index (κ1) is 12.5. The maximum Gasteiger partial charge on any atom is 0.0793 e. The van der Waals surface area contributed by atoms with Crippen molar-refractivity contribution in [3.05, 3.63) is 72.3 Å². The summed E-state index contributed by atoms with van der Waals surface area (Å²) < 4.78 is 5.14. The van der Waals surface area contributed by atoms with Crippen LogP contribution in [0.3, 0.4) is 0 Å². The van der Waals surface area contributed by atoms with E-state index in [1.807, 2.05) is 61.5 Å². The van der Waals surface area contributed by atoms with Gasteiger partial charge in [0.25, 0.3) is 0 Å². The fourth-order valence-corrected chi connectivity index (χ4v) is 1.25. The zero-order valence-electron chi connectivity index (χ0n) is 9.84. The average molecular weight is 214 g/mol. The van der Waals surface area contributed by atoms with Crippen LogP contribution in [0.1, 0.15) is 18.6 Å². The fourth-order valence-electron chi connectivity index (χ4n) is 1.25. The molecule has 1 unspecified atom stereocenters. The third-order valence-corrected chi connectivity index (χ3v) is 2.29. The van der Waals surface area contributed by atoms with Crippen LogP contribution >= 0.6 is 0 Å². The van der Waals surface area contributed by atoms with Crippen LogP contribution in [0.5, 0.6) is 0 Å². The number of methoxy groups -OCH3 is 1. The molecule has 0 bridgehead atoms. The van der Waals surface area contributed by atoms with Gasteiger partial charge in [-0.1, -0.05) is 66.7 Å². The van der Waals surface area contributed by atoms with Gasteiger partial charge in [-0.05, 0) is 12.5 Å². The highest BCUT2D eigenvalue weighted by molar-refractivity contribution is 5.16. The number of ether oxygens (including phenoxy) is 1. The number of hydrogen-bond donors (Lipinski definition) is 0. The van der Waals surface area contributed by atoms with E-state index < -0.39 is 0 Å². The Hall–Kier alpha value is -1.60. The second-order valence-electron chi connectivity index (χ2n) is 3.44. The molecule has 0 amide bonds. The SMILES string of the molecule is COC(C)c1ccccc1.c1ccccc1. The third kappa shape index (κ3) is 4.76. The van der Waals surface area contributed by atoms with Crippen molar-refractivity contribution >= 4 is 0 Å². The van der Waals surface area contributed by atoms with Crippen LogP contribution in [-0.2, 0) is 4.74 Å². The molecule has 0 fully saturated rings. The Bertz CT molecular complexity index is 329. The molecular weight excluding hydrogens is 196 g/mol. The van der Waals surface area contributed by atoms with Crippen LogP contribution in [0, 0.1) is 0 Å². The molecule has 0 aromatic heterocycles. The van der Waals surface area contributed by atoms with Crippen molar-refractivity contribution in [3.8, 4) is 0 Å². The van der Waals surface area contributed by atoms with Crippen molar-refractivity contribution in [2.75, 3.05) is 7.11 Å². The van der Waals surface area contributed by atoms with Gasteiger partial charge < -0.3 is 4.74 Å². The van der Waals surface area contributed by atoms with Crippen molar-refractivity contribution in [2.24, 2.45) is 0 Å². The highest BCUT2D eigenvalue weighted by Crippen LogP contribution is 2.13. The summed E-state index contributed by atoms with van der Waals surface area (Å²) in [5.41, 5.74) is 1.23. The van der Waals surface area contributed by atoms with Crippen LogP contribution in [0.25, 0.3) is 0 Å². The van der Waals surface area contributed by atoms with Gasteiger partial charge in [-0.25, -0.2) is 0 Å². The van der Waals surface area contributed by atoms with Crippen LogP contribution in [-0.4, -0.2) is 7.11 Å². The van der Waals surface area contributed by atoms with Crippen molar-refractivity contribution < 1.29 is 4.74 Å². The highest BCUT2D eigenvalue weighted by Gasteiger charge is 1.99. The van der Waals surface area contributed by atoms with Gasteiger partial charge in [0, 0.05) is 7.11 Å². The normalized spacial score (nSPS) is 11.1. The molecule has 84 valence electrons. The fraction of sp³-hybridized carbons (Fsp3) is 0.200. The Kier molecular flexibility index (Phi) is 5.97. The molecule has 0 saturated carbocycles. The minimum absolute atomic E-state index is 0.209. The summed E-state index contributed by atoms with van der Waals surface area (Å²) in [5, 5.41) is 0. The van der Waals surface area contributed by atoms with E-state index in [1.165, 1.54) is 5.56 Å². The maximum atomic E-state index is 5.14. The van der Waals surface area contributed by atoms with E-state index in [0.717, 1.165) is 0 Å². The Morgan fingerprint density at radius 3 is 1.50 bits per heavy atom. The summed E-state index contributed by atoms with van der Waals surface area (Å²) in [7, 11) is 1.72. The maximum absolute atomic E-state index is 5.14. The molecule has 1 heteroatoms. The summed E-state index contributed by atoms with van der Waals surface area (Å²) in [5.74, 6) is 0.